The lowest BCUT2D eigenvalue weighted by Crippen LogP contribution is -2.15. The number of hydrogen-bond donors (Lipinski definition) is 1. The minimum absolute atomic E-state index is 0.252. The number of rotatable bonds is 5. The molecule has 0 unspecified atom stereocenters. The molecule has 1 N–H and O–H groups in total. The molecule has 7 heteroatoms. The Labute approximate surface area is 208 Å². The summed E-state index contributed by atoms with van der Waals surface area (Å²) in [5, 5.41) is 4.94. The van der Waals surface area contributed by atoms with E-state index in [0.717, 1.165) is 31.0 Å². The Morgan fingerprint density at radius 3 is 2.44 bits per heavy atom. The van der Waals surface area contributed by atoms with Crippen molar-refractivity contribution in [3.63, 3.8) is 0 Å². The highest BCUT2D eigenvalue weighted by Gasteiger charge is 2.23. The van der Waals surface area contributed by atoms with E-state index in [9.17, 15) is 9.59 Å². The summed E-state index contributed by atoms with van der Waals surface area (Å²) in [6.45, 7) is 2.01. The summed E-state index contributed by atoms with van der Waals surface area (Å²) in [4.78, 5) is 31.1. The average Bonchev–Trinajstić information content (AvgIpc) is 3.21. The van der Waals surface area contributed by atoms with E-state index in [4.69, 9.17) is 9.72 Å². The topological polar surface area (TPSA) is 68.3 Å². The van der Waals surface area contributed by atoms with Crippen LogP contribution >= 0.6 is 27.3 Å². The van der Waals surface area contributed by atoms with Gasteiger partial charge >= 0.3 is 5.97 Å². The Morgan fingerprint density at radius 1 is 0.971 bits per heavy atom. The van der Waals surface area contributed by atoms with Crippen LogP contribution in [-0.4, -0.2) is 23.5 Å². The first-order valence-corrected chi connectivity index (χ1v) is 12.3. The molecule has 5 rings (SSSR count). The number of esters is 1. The number of carbonyl (C=O) groups excluding carboxylic acids is 2. The van der Waals surface area contributed by atoms with E-state index >= 15 is 0 Å². The van der Waals surface area contributed by atoms with Crippen LogP contribution in [0.3, 0.4) is 0 Å². The first-order valence-electron chi connectivity index (χ1n) is 10.7. The highest BCUT2D eigenvalue weighted by molar-refractivity contribution is 9.10. The van der Waals surface area contributed by atoms with Crippen LogP contribution in [0.5, 0.6) is 0 Å². The Kier molecular flexibility index (Phi) is 6.13. The van der Waals surface area contributed by atoms with Gasteiger partial charge in [-0.2, -0.15) is 0 Å². The molecule has 2 aromatic heterocycles. The quantitative estimate of drug-likeness (QED) is 0.242. The number of para-hydroxylation sites is 1. The van der Waals surface area contributed by atoms with E-state index in [1.54, 1.807) is 13.0 Å². The van der Waals surface area contributed by atoms with Crippen LogP contribution in [0.25, 0.3) is 32.2 Å². The number of amides is 1. The van der Waals surface area contributed by atoms with E-state index in [-0.39, 0.29) is 12.5 Å². The van der Waals surface area contributed by atoms with Crippen molar-refractivity contribution in [3.8, 4) is 11.3 Å². The molecule has 168 valence electrons. The molecule has 0 saturated carbocycles. The van der Waals surface area contributed by atoms with Crippen LogP contribution in [0, 0.1) is 0 Å². The van der Waals surface area contributed by atoms with E-state index < -0.39 is 5.97 Å². The fraction of sp³-hybridized carbons (Fsp3) is 0.0741. The van der Waals surface area contributed by atoms with Gasteiger partial charge < -0.3 is 10.1 Å². The summed E-state index contributed by atoms with van der Waals surface area (Å²) >= 11 is 4.81. The van der Waals surface area contributed by atoms with Crippen molar-refractivity contribution in [3.05, 3.63) is 94.5 Å². The molecule has 1 amide bonds. The maximum Gasteiger partial charge on any atom is 0.341 e. The predicted molar refractivity (Wildman–Crippen MR) is 141 cm³/mol. The number of halogens is 1. The molecular weight excluding hydrogens is 512 g/mol. The number of nitrogens with zero attached hydrogens (tertiary/aromatic N) is 1. The molecule has 5 aromatic rings. The van der Waals surface area contributed by atoms with Gasteiger partial charge in [0.05, 0.1) is 23.4 Å². The summed E-state index contributed by atoms with van der Waals surface area (Å²) in [7, 11) is 0. The third-order valence-corrected chi connectivity index (χ3v) is 7.02. The van der Waals surface area contributed by atoms with Gasteiger partial charge in [0.1, 0.15) is 10.6 Å². The number of aromatic nitrogens is 1. The highest BCUT2D eigenvalue weighted by atomic mass is 79.9. The molecule has 3 aromatic carbocycles. The number of carbonyl (C=O) groups is 2. The molecule has 5 nitrogen and oxygen atoms in total. The molecule has 0 spiro atoms. The van der Waals surface area contributed by atoms with Crippen LogP contribution in [0.15, 0.2) is 83.3 Å². The number of ether oxygens (including phenoxy) is 1. The molecule has 34 heavy (non-hydrogen) atoms. The Balaban J connectivity index is 1.61. The van der Waals surface area contributed by atoms with Crippen molar-refractivity contribution in [2.24, 2.45) is 0 Å². The molecule has 2 heterocycles. The van der Waals surface area contributed by atoms with Gasteiger partial charge in [-0.15, -0.1) is 11.3 Å². The third kappa shape index (κ3) is 4.20. The first-order chi connectivity index (χ1) is 16.5. The van der Waals surface area contributed by atoms with E-state index in [1.807, 2.05) is 72.8 Å². The normalized spacial score (nSPS) is 11.0. The monoisotopic (exact) mass is 530 g/mol. The second-order valence-electron chi connectivity index (χ2n) is 7.56. The van der Waals surface area contributed by atoms with Gasteiger partial charge in [-0.1, -0.05) is 64.5 Å². The standard InChI is InChI=1S/C27H19BrN2O3S/c1-2-33-27(32)24-19-8-4-6-10-23(19)34-26(24)30-25(31)20-15-22(16-11-13-17(28)14-12-16)29-21-9-5-3-7-18(20)21/h3-15H,2H2,1H3,(H,30,31). The third-order valence-electron chi connectivity index (χ3n) is 5.40. The van der Waals surface area contributed by atoms with Crippen molar-refractivity contribution in [1.82, 2.24) is 4.98 Å². The largest absolute Gasteiger partial charge is 0.462 e. The van der Waals surface area contributed by atoms with Gasteiger partial charge in [0.25, 0.3) is 5.91 Å². The number of anilines is 1. The zero-order valence-electron chi connectivity index (χ0n) is 18.2. The lowest BCUT2D eigenvalue weighted by Gasteiger charge is -2.11. The molecule has 0 bridgehead atoms. The van der Waals surface area contributed by atoms with Gasteiger partial charge in [-0.05, 0) is 37.3 Å². The van der Waals surface area contributed by atoms with Gasteiger partial charge in [-0.3, -0.25) is 4.79 Å². The Morgan fingerprint density at radius 2 is 1.68 bits per heavy atom. The fourth-order valence-electron chi connectivity index (χ4n) is 3.84. The average molecular weight is 531 g/mol. The summed E-state index contributed by atoms with van der Waals surface area (Å²) in [5.74, 6) is -0.764. The van der Waals surface area contributed by atoms with Crippen molar-refractivity contribution in [1.29, 1.82) is 0 Å². The number of benzene rings is 3. The molecule has 0 radical (unpaired) electrons. The van der Waals surface area contributed by atoms with E-state index in [0.29, 0.717) is 21.8 Å². The molecule has 0 saturated heterocycles. The molecule has 0 aliphatic heterocycles. The van der Waals surface area contributed by atoms with Gasteiger partial charge in [0.15, 0.2) is 0 Å². The van der Waals surface area contributed by atoms with Gasteiger partial charge in [-0.25, -0.2) is 9.78 Å². The van der Waals surface area contributed by atoms with Crippen molar-refractivity contribution in [2.75, 3.05) is 11.9 Å². The maximum absolute atomic E-state index is 13.6. The number of hydrogen-bond acceptors (Lipinski definition) is 5. The van der Waals surface area contributed by atoms with Crippen molar-refractivity contribution in [2.45, 2.75) is 6.92 Å². The maximum atomic E-state index is 13.6. The van der Waals surface area contributed by atoms with Crippen LogP contribution in [0.1, 0.15) is 27.6 Å². The molecule has 0 atom stereocenters. The lowest BCUT2D eigenvalue weighted by molar-refractivity contribution is 0.0530. The van der Waals surface area contributed by atoms with Gasteiger partial charge in [0.2, 0.25) is 0 Å². The second kappa shape index (κ2) is 9.37. The Bertz CT molecular complexity index is 1540. The smallest absolute Gasteiger partial charge is 0.341 e. The second-order valence-corrected chi connectivity index (χ2v) is 9.52. The lowest BCUT2D eigenvalue weighted by atomic mass is 10.0. The molecule has 0 aliphatic rings. The molecule has 0 aliphatic carbocycles. The minimum atomic E-state index is -0.453. The highest BCUT2D eigenvalue weighted by Crippen LogP contribution is 2.37. The fourth-order valence-corrected chi connectivity index (χ4v) is 5.19. The van der Waals surface area contributed by atoms with Crippen LogP contribution in [-0.2, 0) is 4.74 Å². The first kappa shape index (κ1) is 22.3. The van der Waals surface area contributed by atoms with Crippen molar-refractivity contribution >= 4 is 65.1 Å². The Hall–Kier alpha value is -3.55. The van der Waals surface area contributed by atoms with Crippen LogP contribution in [0.2, 0.25) is 0 Å². The minimum Gasteiger partial charge on any atom is -0.462 e. The van der Waals surface area contributed by atoms with E-state index in [2.05, 4.69) is 21.2 Å². The zero-order chi connectivity index (χ0) is 23.7. The van der Waals surface area contributed by atoms with Crippen molar-refractivity contribution < 1.29 is 14.3 Å². The summed E-state index contributed by atoms with van der Waals surface area (Å²) < 4.78 is 7.14. The number of thiophene rings is 1. The summed E-state index contributed by atoms with van der Waals surface area (Å²) in [6.07, 6.45) is 0. The number of nitrogens with one attached hydrogen (secondary N) is 1. The van der Waals surface area contributed by atoms with Crippen LogP contribution < -0.4 is 5.32 Å². The zero-order valence-corrected chi connectivity index (χ0v) is 20.6. The van der Waals surface area contributed by atoms with Gasteiger partial charge in [0, 0.05) is 25.5 Å². The summed E-state index contributed by atoms with van der Waals surface area (Å²) in [6, 6.07) is 24.7. The van der Waals surface area contributed by atoms with Crippen LogP contribution in [0.4, 0.5) is 5.00 Å². The summed E-state index contributed by atoms with van der Waals surface area (Å²) in [5.41, 5.74) is 3.17. The SMILES string of the molecule is CCOC(=O)c1c(NC(=O)c2cc(-c3ccc(Br)cc3)nc3ccccc23)sc2ccccc12. The number of pyridine rings is 1. The number of fused-ring (bicyclic) bond motifs is 2. The van der Waals surface area contributed by atoms with E-state index in [1.165, 1.54) is 11.3 Å². The molecular formula is C27H19BrN2O3S. The molecule has 0 fully saturated rings. The predicted octanol–water partition coefficient (Wildman–Crippen LogP) is 7.31.